The first-order valence-corrected chi connectivity index (χ1v) is 6.06. The molecule has 0 saturated carbocycles. The van der Waals surface area contributed by atoms with Crippen molar-refractivity contribution in [1.29, 1.82) is 0 Å². The lowest BCUT2D eigenvalue weighted by molar-refractivity contribution is 0.0734. The second kappa shape index (κ2) is 5.18. The fourth-order valence-corrected chi connectivity index (χ4v) is 1.86. The Labute approximate surface area is 113 Å². The molecule has 2 N–H and O–H groups in total. The van der Waals surface area contributed by atoms with E-state index in [9.17, 15) is 4.79 Å². The monoisotopic (exact) mass is 339 g/mol. The molecule has 86 valence electrons. The number of halogens is 1. The van der Waals surface area contributed by atoms with Gasteiger partial charge in [0.2, 0.25) is 0 Å². The molecule has 0 aliphatic rings. The van der Waals surface area contributed by atoms with E-state index in [1.807, 2.05) is 12.1 Å². The van der Waals surface area contributed by atoms with Crippen molar-refractivity contribution in [3.8, 4) is 5.75 Å². The molecule has 0 unspecified atom stereocenters. The average molecular weight is 339 g/mol. The number of nitrogens with two attached hydrogens (primary N) is 1. The van der Waals surface area contributed by atoms with E-state index in [2.05, 4.69) is 22.6 Å². The summed E-state index contributed by atoms with van der Waals surface area (Å²) in [6, 6.07) is 14.0. The molecule has 0 saturated heterocycles. The minimum Gasteiger partial charge on any atom is -0.423 e. The maximum absolute atomic E-state index is 11.8. The van der Waals surface area contributed by atoms with Gasteiger partial charge < -0.3 is 10.5 Å². The number of benzene rings is 2. The SMILES string of the molecule is Nc1ccc(OC(=O)c2cccc(I)c2)cc1. The second-order valence-corrected chi connectivity index (χ2v) is 4.71. The van der Waals surface area contributed by atoms with E-state index in [4.69, 9.17) is 10.5 Å². The largest absolute Gasteiger partial charge is 0.423 e. The molecular formula is C13H10INO2. The van der Waals surface area contributed by atoms with Crippen LogP contribution in [0.15, 0.2) is 48.5 Å². The zero-order chi connectivity index (χ0) is 12.3. The molecule has 0 heterocycles. The molecule has 2 rings (SSSR count). The summed E-state index contributed by atoms with van der Waals surface area (Å²) in [6.45, 7) is 0. The van der Waals surface area contributed by atoms with E-state index in [1.165, 1.54) is 0 Å². The molecule has 0 aromatic heterocycles. The van der Waals surface area contributed by atoms with E-state index in [1.54, 1.807) is 36.4 Å². The molecule has 0 aliphatic carbocycles. The molecule has 2 aromatic carbocycles. The summed E-state index contributed by atoms with van der Waals surface area (Å²) in [5.41, 5.74) is 6.72. The molecule has 2 aromatic rings. The van der Waals surface area contributed by atoms with Gasteiger partial charge in [-0.05, 0) is 65.1 Å². The van der Waals surface area contributed by atoms with Crippen LogP contribution in [0.3, 0.4) is 0 Å². The standard InChI is InChI=1S/C13H10INO2/c14-10-3-1-2-9(8-10)13(16)17-12-6-4-11(15)5-7-12/h1-8H,15H2. The maximum atomic E-state index is 11.8. The van der Waals surface area contributed by atoms with Crippen LogP contribution in [-0.4, -0.2) is 5.97 Å². The van der Waals surface area contributed by atoms with Crippen LogP contribution in [0.1, 0.15) is 10.4 Å². The molecule has 0 fully saturated rings. The van der Waals surface area contributed by atoms with Gasteiger partial charge >= 0.3 is 5.97 Å². The number of nitrogen functional groups attached to an aromatic ring is 1. The van der Waals surface area contributed by atoms with Gasteiger partial charge in [-0.3, -0.25) is 0 Å². The molecule has 3 nitrogen and oxygen atoms in total. The van der Waals surface area contributed by atoms with E-state index >= 15 is 0 Å². The minimum absolute atomic E-state index is 0.367. The number of hydrogen-bond donors (Lipinski definition) is 1. The molecule has 0 aliphatic heterocycles. The number of esters is 1. The summed E-state index contributed by atoms with van der Waals surface area (Å²) in [6.07, 6.45) is 0. The van der Waals surface area contributed by atoms with E-state index in [0.717, 1.165) is 3.57 Å². The van der Waals surface area contributed by atoms with E-state index in [0.29, 0.717) is 17.0 Å². The lowest BCUT2D eigenvalue weighted by Gasteiger charge is -2.04. The van der Waals surface area contributed by atoms with E-state index < -0.39 is 0 Å². The zero-order valence-electron chi connectivity index (χ0n) is 8.89. The summed E-state index contributed by atoms with van der Waals surface area (Å²) < 4.78 is 6.21. The Kier molecular flexibility index (Phi) is 3.63. The summed E-state index contributed by atoms with van der Waals surface area (Å²) in [5, 5.41) is 0. The Morgan fingerprint density at radius 1 is 1.12 bits per heavy atom. The number of carbonyl (C=O) groups is 1. The van der Waals surface area contributed by atoms with Gasteiger partial charge in [0.25, 0.3) is 0 Å². The highest BCUT2D eigenvalue weighted by Gasteiger charge is 2.08. The fourth-order valence-electron chi connectivity index (χ4n) is 1.32. The van der Waals surface area contributed by atoms with Gasteiger partial charge in [0, 0.05) is 9.26 Å². The molecule has 0 amide bonds. The molecular weight excluding hydrogens is 329 g/mol. The zero-order valence-corrected chi connectivity index (χ0v) is 11.0. The number of rotatable bonds is 2. The quantitative estimate of drug-likeness (QED) is 0.396. The Morgan fingerprint density at radius 3 is 2.47 bits per heavy atom. The fraction of sp³-hybridized carbons (Fsp3) is 0. The molecule has 0 spiro atoms. The summed E-state index contributed by atoms with van der Waals surface area (Å²) in [5.74, 6) is 0.122. The molecule has 0 bridgehead atoms. The lowest BCUT2D eigenvalue weighted by Crippen LogP contribution is -2.08. The Morgan fingerprint density at radius 2 is 1.82 bits per heavy atom. The van der Waals surface area contributed by atoms with Crippen LogP contribution in [0.4, 0.5) is 5.69 Å². The highest BCUT2D eigenvalue weighted by Crippen LogP contribution is 2.16. The lowest BCUT2D eigenvalue weighted by atomic mass is 10.2. The first-order chi connectivity index (χ1) is 8.15. The summed E-state index contributed by atoms with van der Waals surface area (Å²) in [7, 11) is 0. The van der Waals surface area contributed by atoms with Crippen molar-refractivity contribution in [1.82, 2.24) is 0 Å². The van der Waals surface area contributed by atoms with Gasteiger partial charge in [0.1, 0.15) is 5.75 Å². The van der Waals surface area contributed by atoms with Crippen molar-refractivity contribution in [2.45, 2.75) is 0 Å². The normalized spacial score (nSPS) is 9.94. The highest BCUT2D eigenvalue weighted by atomic mass is 127. The first kappa shape index (κ1) is 11.9. The molecule has 17 heavy (non-hydrogen) atoms. The Bertz CT molecular complexity index is 537. The average Bonchev–Trinajstić information content (AvgIpc) is 2.32. The van der Waals surface area contributed by atoms with Gasteiger partial charge in [0.15, 0.2) is 0 Å². The minimum atomic E-state index is -0.367. The third-order valence-corrected chi connectivity index (χ3v) is 2.82. The van der Waals surface area contributed by atoms with Gasteiger partial charge in [-0.1, -0.05) is 6.07 Å². The van der Waals surface area contributed by atoms with Crippen molar-refractivity contribution >= 4 is 34.2 Å². The first-order valence-electron chi connectivity index (χ1n) is 4.98. The van der Waals surface area contributed by atoms with Gasteiger partial charge in [-0.2, -0.15) is 0 Å². The molecule has 0 radical (unpaired) electrons. The van der Waals surface area contributed by atoms with E-state index in [-0.39, 0.29) is 5.97 Å². The molecule has 4 heteroatoms. The van der Waals surface area contributed by atoms with Gasteiger partial charge in [-0.15, -0.1) is 0 Å². The van der Waals surface area contributed by atoms with Crippen LogP contribution in [0.25, 0.3) is 0 Å². The topological polar surface area (TPSA) is 52.3 Å². The highest BCUT2D eigenvalue weighted by molar-refractivity contribution is 14.1. The van der Waals surface area contributed by atoms with Crippen LogP contribution in [0, 0.1) is 3.57 Å². The van der Waals surface area contributed by atoms with Crippen LogP contribution >= 0.6 is 22.6 Å². The maximum Gasteiger partial charge on any atom is 0.343 e. The number of carbonyl (C=O) groups excluding carboxylic acids is 1. The van der Waals surface area contributed by atoms with Crippen molar-refractivity contribution in [3.63, 3.8) is 0 Å². The Hall–Kier alpha value is -1.56. The smallest absolute Gasteiger partial charge is 0.343 e. The van der Waals surface area contributed by atoms with Crippen LogP contribution in [0.2, 0.25) is 0 Å². The predicted octanol–water partition coefficient (Wildman–Crippen LogP) is 3.09. The second-order valence-electron chi connectivity index (χ2n) is 3.47. The van der Waals surface area contributed by atoms with Crippen molar-refractivity contribution < 1.29 is 9.53 Å². The number of ether oxygens (including phenoxy) is 1. The summed E-state index contributed by atoms with van der Waals surface area (Å²) >= 11 is 2.15. The van der Waals surface area contributed by atoms with Crippen molar-refractivity contribution in [2.24, 2.45) is 0 Å². The molecule has 0 atom stereocenters. The van der Waals surface area contributed by atoms with Gasteiger partial charge in [0.05, 0.1) is 5.56 Å². The summed E-state index contributed by atoms with van der Waals surface area (Å²) in [4.78, 5) is 11.8. The predicted molar refractivity (Wildman–Crippen MR) is 75.0 cm³/mol. The Balaban J connectivity index is 2.14. The van der Waals surface area contributed by atoms with Gasteiger partial charge in [-0.25, -0.2) is 4.79 Å². The number of hydrogen-bond acceptors (Lipinski definition) is 3. The third kappa shape index (κ3) is 3.20. The van der Waals surface area contributed by atoms with Crippen molar-refractivity contribution in [2.75, 3.05) is 5.73 Å². The van der Waals surface area contributed by atoms with Crippen LogP contribution < -0.4 is 10.5 Å². The van der Waals surface area contributed by atoms with Crippen LogP contribution in [0.5, 0.6) is 5.75 Å². The van der Waals surface area contributed by atoms with Crippen LogP contribution in [-0.2, 0) is 0 Å². The third-order valence-electron chi connectivity index (χ3n) is 2.15. The number of anilines is 1. The van der Waals surface area contributed by atoms with Crippen molar-refractivity contribution in [3.05, 3.63) is 57.7 Å².